The Morgan fingerprint density at radius 2 is 0.841 bits per heavy atom. The molecule has 4 rings (SSSR count). The minimum atomic E-state index is -1.34. The number of nitrogens with zero attached hydrogens (tertiary/aromatic N) is 4. The number of rotatable bonds is 11. The number of carbonyl (C=O) groups is 8. The van der Waals surface area contributed by atoms with Crippen molar-refractivity contribution in [2.45, 2.75) is 0 Å². The summed E-state index contributed by atoms with van der Waals surface area (Å²) >= 11 is 0. The van der Waals surface area contributed by atoms with Crippen molar-refractivity contribution in [3.63, 3.8) is 0 Å². The zero-order valence-corrected chi connectivity index (χ0v) is 23.0. The molecule has 2 aliphatic rings. The third-order valence-electron chi connectivity index (χ3n) is 6.78. The van der Waals surface area contributed by atoms with Crippen molar-refractivity contribution in [3.8, 4) is 0 Å². The van der Waals surface area contributed by atoms with E-state index < -0.39 is 61.0 Å². The van der Waals surface area contributed by atoms with Crippen molar-refractivity contribution in [1.29, 1.82) is 0 Å². The molecule has 4 amide bonds. The molecule has 230 valence electrons. The molecule has 0 aromatic heterocycles. The number of hydrogen-bond acceptors (Lipinski definition) is 12. The first kappa shape index (κ1) is 31.5. The van der Waals surface area contributed by atoms with Crippen LogP contribution < -0.4 is 0 Å². The predicted molar refractivity (Wildman–Crippen MR) is 144 cm³/mol. The van der Waals surface area contributed by atoms with Crippen LogP contribution in [0.5, 0.6) is 0 Å². The van der Waals surface area contributed by atoms with E-state index in [4.69, 9.17) is 9.47 Å². The first-order valence-corrected chi connectivity index (χ1v) is 13.1. The van der Waals surface area contributed by atoms with Gasteiger partial charge in [-0.15, -0.1) is 0 Å². The van der Waals surface area contributed by atoms with Crippen LogP contribution in [0.25, 0.3) is 0 Å². The molecule has 2 heterocycles. The van der Waals surface area contributed by atoms with Gasteiger partial charge in [0, 0.05) is 13.1 Å². The number of ether oxygens (including phenoxy) is 2. The Labute approximate surface area is 248 Å². The van der Waals surface area contributed by atoms with Crippen LogP contribution in [-0.4, -0.2) is 130 Å². The van der Waals surface area contributed by atoms with Crippen molar-refractivity contribution >= 4 is 47.5 Å². The Morgan fingerprint density at radius 1 is 0.545 bits per heavy atom. The maximum atomic E-state index is 12.6. The van der Waals surface area contributed by atoms with Crippen molar-refractivity contribution in [1.82, 2.24) is 19.6 Å². The molecule has 0 unspecified atom stereocenters. The van der Waals surface area contributed by atoms with Crippen LogP contribution in [0.1, 0.15) is 41.4 Å². The van der Waals surface area contributed by atoms with Gasteiger partial charge in [0.15, 0.2) is 13.5 Å². The fourth-order valence-electron chi connectivity index (χ4n) is 4.48. The quantitative estimate of drug-likeness (QED) is 0.240. The van der Waals surface area contributed by atoms with E-state index in [0.29, 0.717) is 0 Å². The summed E-state index contributed by atoms with van der Waals surface area (Å²) in [7, 11) is 0. The monoisotopic (exact) mass is 610 g/mol. The molecule has 2 aromatic carbocycles. The molecule has 16 nitrogen and oxygen atoms in total. The summed E-state index contributed by atoms with van der Waals surface area (Å²) in [6.45, 7) is -1.99. The lowest BCUT2D eigenvalue weighted by Gasteiger charge is -2.35. The number of hydrogen-bond donors (Lipinski definition) is 2. The third-order valence-corrected chi connectivity index (χ3v) is 6.78. The van der Waals surface area contributed by atoms with Crippen molar-refractivity contribution in [2.24, 2.45) is 0 Å². The predicted octanol–water partition coefficient (Wildman–Crippen LogP) is -0.647. The Hall–Kier alpha value is -5.48. The highest BCUT2D eigenvalue weighted by molar-refractivity contribution is 6.04. The van der Waals surface area contributed by atoms with Gasteiger partial charge in [-0.3, -0.25) is 29.0 Å². The smallest absolute Gasteiger partial charge is 0.340 e. The van der Waals surface area contributed by atoms with Gasteiger partial charge in [0.2, 0.25) is 23.6 Å². The van der Waals surface area contributed by atoms with Crippen molar-refractivity contribution in [2.75, 3.05) is 52.7 Å². The Bertz CT molecular complexity index is 1390. The van der Waals surface area contributed by atoms with E-state index in [0.717, 1.165) is 9.80 Å². The van der Waals surface area contributed by atoms with Gasteiger partial charge in [-0.1, -0.05) is 24.3 Å². The van der Waals surface area contributed by atoms with E-state index >= 15 is 0 Å². The first-order chi connectivity index (χ1) is 21.0. The van der Waals surface area contributed by atoms with Gasteiger partial charge in [-0.2, -0.15) is 0 Å². The third kappa shape index (κ3) is 7.29. The van der Waals surface area contributed by atoms with Crippen LogP contribution in [0.15, 0.2) is 48.5 Å². The lowest BCUT2D eigenvalue weighted by Crippen LogP contribution is -2.58. The van der Waals surface area contributed by atoms with Crippen molar-refractivity contribution in [3.05, 3.63) is 70.8 Å². The minimum Gasteiger partial charge on any atom is -0.478 e. The zero-order chi connectivity index (χ0) is 32.0. The number of esters is 2. The molecule has 0 aliphatic carbocycles. The van der Waals surface area contributed by atoms with Crippen LogP contribution >= 0.6 is 0 Å². The summed E-state index contributed by atoms with van der Waals surface area (Å²) in [5, 5.41) is 18.5. The standard InChI is InChI=1S/C28H26N4O12/c33-21-11-29(12-22(34)31(21)15-43-27(41)19-7-3-1-5-17(19)25(37)38)9-10-30-13-23(35)32(24(36)14-30)16-44-28(42)20-8-4-2-6-18(20)26(39)40/h1-8H,9-16H2,(H,37,38)(H,39,40). The van der Waals surface area contributed by atoms with Crippen LogP contribution in [0.2, 0.25) is 0 Å². The number of aromatic carboxylic acids is 2. The molecule has 2 N–H and O–H groups in total. The van der Waals surface area contributed by atoms with Gasteiger partial charge in [0.1, 0.15) is 0 Å². The molecule has 2 aromatic rings. The molecule has 2 aliphatic heterocycles. The summed E-state index contributed by atoms with van der Waals surface area (Å²) in [6.07, 6.45) is 0. The van der Waals surface area contributed by atoms with Crippen LogP contribution in [0.4, 0.5) is 0 Å². The summed E-state index contributed by atoms with van der Waals surface area (Å²) < 4.78 is 10.0. The van der Waals surface area contributed by atoms with E-state index in [2.05, 4.69) is 0 Å². The second-order valence-corrected chi connectivity index (χ2v) is 9.68. The van der Waals surface area contributed by atoms with E-state index in [1.54, 1.807) is 0 Å². The topological polar surface area (TPSA) is 208 Å². The largest absolute Gasteiger partial charge is 0.478 e. The van der Waals surface area contributed by atoms with Crippen LogP contribution in [-0.2, 0) is 28.7 Å². The number of carbonyl (C=O) groups excluding carboxylic acids is 6. The molecule has 2 fully saturated rings. The number of piperazine rings is 2. The Kier molecular flexibility index (Phi) is 9.77. The summed E-state index contributed by atoms with van der Waals surface area (Å²) in [5.74, 6) is -7.37. The van der Waals surface area contributed by atoms with Gasteiger partial charge >= 0.3 is 23.9 Å². The molecule has 44 heavy (non-hydrogen) atoms. The minimum absolute atomic E-state index is 0.138. The van der Waals surface area contributed by atoms with Crippen LogP contribution in [0.3, 0.4) is 0 Å². The molecular weight excluding hydrogens is 584 g/mol. The molecule has 16 heteroatoms. The van der Waals surface area contributed by atoms with E-state index in [1.807, 2.05) is 0 Å². The average molecular weight is 611 g/mol. The highest BCUT2D eigenvalue weighted by atomic mass is 16.6. The van der Waals surface area contributed by atoms with E-state index in [9.17, 15) is 48.6 Å². The molecule has 0 bridgehead atoms. The van der Waals surface area contributed by atoms with E-state index in [-0.39, 0.29) is 61.5 Å². The highest BCUT2D eigenvalue weighted by Crippen LogP contribution is 2.14. The lowest BCUT2D eigenvalue weighted by atomic mass is 10.1. The van der Waals surface area contributed by atoms with Crippen molar-refractivity contribution < 1.29 is 58.0 Å². The second kappa shape index (κ2) is 13.7. The zero-order valence-electron chi connectivity index (χ0n) is 23.0. The maximum Gasteiger partial charge on any atom is 0.340 e. The molecule has 0 saturated carbocycles. The summed E-state index contributed by atoms with van der Waals surface area (Å²) in [4.78, 5) is 102. The van der Waals surface area contributed by atoms with E-state index in [1.165, 1.54) is 58.3 Å². The second-order valence-electron chi connectivity index (χ2n) is 9.68. The summed E-state index contributed by atoms with van der Waals surface area (Å²) in [5.41, 5.74) is -1.05. The normalized spacial score (nSPS) is 16.2. The molecule has 2 saturated heterocycles. The van der Waals surface area contributed by atoms with Gasteiger partial charge in [-0.05, 0) is 24.3 Å². The maximum absolute atomic E-state index is 12.6. The average Bonchev–Trinajstić information content (AvgIpc) is 2.98. The Morgan fingerprint density at radius 3 is 1.14 bits per heavy atom. The van der Waals surface area contributed by atoms with Gasteiger partial charge < -0.3 is 19.7 Å². The first-order valence-electron chi connectivity index (χ1n) is 13.1. The molecule has 0 atom stereocenters. The number of carboxylic acids is 2. The number of benzene rings is 2. The van der Waals surface area contributed by atoms with Gasteiger partial charge in [-0.25, -0.2) is 29.0 Å². The molecule has 0 spiro atoms. The fourth-order valence-corrected chi connectivity index (χ4v) is 4.48. The number of imide groups is 2. The number of carboxylic acid groups (broad SMARTS) is 2. The van der Waals surface area contributed by atoms with Gasteiger partial charge in [0.25, 0.3) is 0 Å². The lowest BCUT2D eigenvalue weighted by molar-refractivity contribution is -0.159. The van der Waals surface area contributed by atoms with Gasteiger partial charge in [0.05, 0.1) is 48.4 Å². The highest BCUT2D eigenvalue weighted by Gasteiger charge is 2.35. The number of amides is 4. The molecule has 0 radical (unpaired) electrons. The van der Waals surface area contributed by atoms with Crippen LogP contribution in [0, 0.1) is 0 Å². The Balaban J connectivity index is 1.23. The fraction of sp³-hybridized carbons (Fsp3) is 0.286. The SMILES string of the molecule is O=C(O)c1ccccc1C(=O)OCN1C(=O)CN(CCN2CC(=O)N(COC(=O)c3ccccc3C(=O)O)C(=O)C2)CC1=O. The summed E-state index contributed by atoms with van der Waals surface area (Å²) in [6, 6.07) is 10.7. The molecular formula is C28H26N4O12.